The van der Waals surface area contributed by atoms with Crippen LogP contribution in [0.15, 0.2) is 42.5 Å². The highest BCUT2D eigenvalue weighted by Crippen LogP contribution is 2.26. The van der Waals surface area contributed by atoms with Crippen molar-refractivity contribution in [1.82, 2.24) is 0 Å². The fourth-order valence-corrected chi connectivity index (χ4v) is 2.32. The zero-order chi connectivity index (χ0) is 13.0. The minimum atomic E-state index is 0.677. The molecule has 0 heterocycles. The fraction of sp³-hybridized carbons (Fsp3) is 0.200. The maximum absolute atomic E-state index is 5.89. The molecule has 0 unspecified atom stereocenters. The van der Waals surface area contributed by atoms with Gasteiger partial charge >= 0.3 is 0 Å². The predicted octanol–water partition coefficient (Wildman–Crippen LogP) is 3.89. The molecule has 0 bridgehead atoms. The number of rotatable bonds is 4. The summed E-state index contributed by atoms with van der Waals surface area (Å²) in [4.78, 5) is 0. The molecule has 0 saturated carbocycles. The van der Waals surface area contributed by atoms with Crippen LogP contribution in [0, 0.1) is 10.5 Å². The summed E-state index contributed by atoms with van der Waals surface area (Å²) in [6.07, 6.45) is 0.907. The Labute approximate surface area is 121 Å². The number of hydrogen-bond acceptors (Lipinski definition) is 2. The molecule has 0 aliphatic rings. The van der Waals surface area contributed by atoms with Crippen LogP contribution in [0.4, 0.5) is 0 Å². The molecule has 2 rings (SSSR count). The lowest BCUT2D eigenvalue weighted by Gasteiger charge is -2.10. The summed E-state index contributed by atoms with van der Waals surface area (Å²) in [6.45, 7) is 2.74. The quantitative estimate of drug-likeness (QED) is 0.847. The first-order chi connectivity index (χ1) is 8.69. The smallest absolute Gasteiger partial charge is 0.130 e. The molecule has 0 saturated heterocycles. The van der Waals surface area contributed by atoms with Gasteiger partial charge in [-0.1, -0.05) is 18.2 Å². The maximum atomic E-state index is 5.89. The normalized spacial score (nSPS) is 10.4. The molecule has 0 aromatic heterocycles. The highest BCUT2D eigenvalue weighted by atomic mass is 127. The third-order valence-corrected chi connectivity index (χ3v) is 3.37. The van der Waals surface area contributed by atoms with Crippen LogP contribution in [0.5, 0.6) is 11.5 Å². The van der Waals surface area contributed by atoms with Crippen molar-refractivity contribution in [2.75, 3.05) is 6.54 Å². The number of ether oxygens (including phenoxy) is 1. The van der Waals surface area contributed by atoms with Crippen LogP contribution >= 0.6 is 22.6 Å². The summed E-state index contributed by atoms with van der Waals surface area (Å²) >= 11 is 2.28. The zero-order valence-electron chi connectivity index (χ0n) is 10.3. The van der Waals surface area contributed by atoms with Crippen molar-refractivity contribution in [2.24, 2.45) is 5.73 Å². The first-order valence-corrected chi connectivity index (χ1v) is 7.00. The second-order valence-electron chi connectivity index (χ2n) is 4.20. The van der Waals surface area contributed by atoms with Gasteiger partial charge in [-0.2, -0.15) is 0 Å². The first kappa shape index (κ1) is 13.4. The lowest BCUT2D eigenvalue weighted by Crippen LogP contribution is -2.02. The van der Waals surface area contributed by atoms with E-state index in [4.69, 9.17) is 10.5 Å². The molecule has 2 N–H and O–H groups in total. The van der Waals surface area contributed by atoms with Crippen molar-refractivity contribution < 1.29 is 4.74 Å². The Balaban J connectivity index is 2.19. The molecule has 2 nitrogen and oxygen atoms in total. The highest BCUT2D eigenvalue weighted by molar-refractivity contribution is 14.1. The summed E-state index contributed by atoms with van der Waals surface area (Å²) in [7, 11) is 0. The SMILES string of the molecule is Cc1cc(CCN)ccc1Oc1cccc(I)c1. The number of aryl methyl sites for hydroxylation is 1. The van der Waals surface area contributed by atoms with Gasteiger partial charge in [-0.05, 0) is 77.9 Å². The molecule has 0 atom stereocenters. The topological polar surface area (TPSA) is 35.2 Å². The highest BCUT2D eigenvalue weighted by Gasteiger charge is 2.03. The molecule has 0 fully saturated rings. The van der Waals surface area contributed by atoms with Crippen molar-refractivity contribution >= 4 is 22.6 Å². The fourth-order valence-electron chi connectivity index (χ4n) is 1.81. The minimum absolute atomic E-state index is 0.677. The molecule has 0 radical (unpaired) electrons. The predicted molar refractivity (Wildman–Crippen MR) is 83.2 cm³/mol. The average Bonchev–Trinajstić information content (AvgIpc) is 2.33. The molecular formula is C15H16INO. The van der Waals surface area contributed by atoms with Crippen LogP contribution in [-0.4, -0.2) is 6.54 Å². The standard InChI is InChI=1S/C15H16INO/c1-11-9-12(7-8-17)5-6-15(11)18-14-4-2-3-13(16)10-14/h2-6,9-10H,7-8,17H2,1H3. The molecule has 0 aliphatic carbocycles. The van der Waals surface area contributed by atoms with Gasteiger partial charge in [0.25, 0.3) is 0 Å². The molecule has 18 heavy (non-hydrogen) atoms. The monoisotopic (exact) mass is 353 g/mol. The van der Waals surface area contributed by atoms with Gasteiger partial charge in [-0.15, -0.1) is 0 Å². The van der Waals surface area contributed by atoms with Gasteiger partial charge in [-0.25, -0.2) is 0 Å². The lowest BCUT2D eigenvalue weighted by atomic mass is 10.1. The van der Waals surface area contributed by atoms with Crippen LogP contribution in [0.25, 0.3) is 0 Å². The van der Waals surface area contributed by atoms with E-state index in [0.29, 0.717) is 6.54 Å². The van der Waals surface area contributed by atoms with E-state index in [1.165, 1.54) is 9.13 Å². The number of nitrogens with two attached hydrogens (primary N) is 1. The van der Waals surface area contributed by atoms with Crippen molar-refractivity contribution in [1.29, 1.82) is 0 Å². The van der Waals surface area contributed by atoms with Crippen LogP contribution in [-0.2, 0) is 6.42 Å². The Kier molecular flexibility index (Phi) is 4.60. The van der Waals surface area contributed by atoms with Crippen LogP contribution < -0.4 is 10.5 Å². The van der Waals surface area contributed by atoms with E-state index in [9.17, 15) is 0 Å². The van der Waals surface area contributed by atoms with E-state index in [0.717, 1.165) is 23.5 Å². The summed E-state index contributed by atoms with van der Waals surface area (Å²) in [5.74, 6) is 1.77. The second kappa shape index (κ2) is 6.20. The van der Waals surface area contributed by atoms with Gasteiger partial charge in [0.2, 0.25) is 0 Å². The molecule has 3 heteroatoms. The average molecular weight is 353 g/mol. The van der Waals surface area contributed by atoms with Gasteiger partial charge < -0.3 is 10.5 Å². The third-order valence-electron chi connectivity index (χ3n) is 2.70. The van der Waals surface area contributed by atoms with Crippen LogP contribution in [0.1, 0.15) is 11.1 Å². The Morgan fingerprint density at radius 2 is 2.00 bits per heavy atom. The third kappa shape index (κ3) is 3.46. The first-order valence-electron chi connectivity index (χ1n) is 5.92. The zero-order valence-corrected chi connectivity index (χ0v) is 12.5. The summed E-state index contributed by atoms with van der Waals surface area (Å²) in [5, 5.41) is 0. The molecular weight excluding hydrogens is 337 g/mol. The van der Waals surface area contributed by atoms with E-state index in [2.05, 4.69) is 41.6 Å². The Morgan fingerprint density at radius 3 is 2.67 bits per heavy atom. The maximum Gasteiger partial charge on any atom is 0.130 e. The lowest BCUT2D eigenvalue weighted by molar-refractivity contribution is 0.478. The number of benzene rings is 2. The van der Waals surface area contributed by atoms with E-state index >= 15 is 0 Å². The van der Waals surface area contributed by atoms with E-state index in [1.54, 1.807) is 0 Å². The van der Waals surface area contributed by atoms with Crippen molar-refractivity contribution in [3.05, 3.63) is 57.2 Å². The summed E-state index contributed by atoms with van der Waals surface area (Å²) < 4.78 is 7.06. The molecule has 2 aromatic carbocycles. The molecule has 2 aromatic rings. The minimum Gasteiger partial charge on any atom is -0.457 e. The van der Waals surface area contributed by atoms with Gasteiger partial charge in [-0.3, -0.25) is 0 Å². The molecule has 0 spiro atoms. The van der Waals surface area contributed by atoms with Gasteiger partial charge in [0, 0.05) is 3.57 Å². The Bertz CT molecular complexity index is 540. The van der Waals surface area contributed by atoms with Crippen molar-refractivity contribution in [2.45, 2.75) is 13.3 Å². The Hall–Kier alpha value is -1.07. The van der Waals surface area contributed by atoms with E-state index in [-0.39, 0.29) is 0 Å². The van der Waals surface area contributed by atoms with Crippen molar-refractivity contribution in [3.8, 4) is 11.5 Å². The Morgan fingerprint density at radius 1 is 1.17 bits per heavy atom. The van der Waals surface area contributed by atoms with Gasteiger partial charge in [0.15, 0.2) is 0 Å². The molecule has 94 valence electrons. The van der Waals surface area contributed by atoms with Crippen LogP contribution in [0.3, 0.4) is 0 Å². The summed E-state index contributed by atoms with van der Waals surface area (Å²) in [5.41, 5.74) is 7.95. The van der Waals surface area contributed by atoms with Gasteiger partial charge in [0.05, 0.1) is 0 Å². The number of hydrogen-bond donors (Lipinski definition) is 1. The van der Waals surface area contributed by atoms with Crippen LogP contribution in [0.2, 0.25) is 0 Å². The number of halogens is 1. The molecule has 0 aliphatic heterocycles. The van der Waals surface area contributed by atoms with E-state index < -0.39 is 0 Å². The van der Waals surface area contributed by atoms with Gasteiger partial charge in [0.1, 0.15) is 11.5 Å². The van der Waals surface area contributed by atoms with Crippen molar-refractivity contribution in [3.63, 3.8) is 0 Å². The summed E-state index contributed by atoms with van der Waals surface area (Å²) in [6, 6.07) is 14.3. The van der Waals surface area contributed by atoms with E-state index in [1.807, 2.05) is 30.3 Å². The molecule has 0 amide bonds. The largest absolute Gasteiger partial charge is 0.457 e. The second-order valence-corrected chi connectivity index (χ2v) is 5.44.